The number of nitrogens with zero attached hydrogens (tertiary/aromatic N) is 1. The molecule has 2 aromatic rings. The number of carbonyl (C=O) groups is 1. The number of hydrogen-bond donors (Lipinski definition) is 2. The van der Waals surface area contributed by atoms with E-state index in [1.165, 1.54) is 32.1 Å². The SMILES string of the molecule is O=C(NC1C2CC3CC(C2)CC1C3)c1cc(-c2ccncc2Cl)c[nH]1. The standard InChI is InChI=1S/C20H22ClN3O/c21-17-10-22-2-1-16(17)15-8-18(23-9-15)20(25)24-19-13-4-11-3-12(6-13)7-14(19)5-11/h1-2,8-14,19,23H,3-7H2,(H,24,25). The number of amides is 1. The molecule has 4 bridgehead atoms. The van der Waals surface area contributed by atoms with E-state index in [0.29, 0.717) is 28.6 Å². The number of hydrogen-bond acceptors (Lipinski definition) is 2. The normalized spacial score (nSPS) is 32.8. The van der Waals surface area contributed by atoms with E-state index < -0.39 is 0 Å². The molecule has 0 aromatic carbocycles. The van der Waals surface area contributed by atoms with Crippen molar-refractivity contribution < 1.29 is 4.79 Å². The van der Waals surface area contributed by atoms with E-state index in [1.54, 1.807) is 12.4 Å². The van der Waals surface area contributed by atoms with Gasteiger partial charge in [0.2, 0.25) is 0 Å². The van der Waals surface area contributed by atoms with Crippen LogP contribution >= 0.6 is 11.6 Å². The molecule has 6 rings (SSSR count). The molecule has 4 nitrogen and oxygen atoms in total. The van der Waals surface area contributed by atoms with Crippen LogP contribution in [0.4, 0.5) is 0 Å². The number of rotatable bonds is 3. The van der Waals surface area contributed by atoms with Gasteiger partial charge >= 0.3 is 0 Å². The largest absolute Gasteiger partial charge is 0.357 e. The molecule has 0 radical (unpaired) electrons. The van der Waals surface area contributed by atoms with Crippen molar-refractivity contribution in [1.29, 1.82) is 0 Å². The number of nitrogens with one attached hydrogen (secondary N) is 2. The number of pyridine rings is 1. The van der Waals surface area contributed by atoms with E-state index in [9.17, 15) is 4.79 Å². The van der Waals surface area contributed by atoms with Crippen LogP contribution in [0.2, 0.25) is 5.02 Å². The summed E-state index contributed by atoms with van der Waals surface area (Å²) in [5.41, 5.74) is 2.42. The molecule has 130 valence electrons. The first-order chi connectivity index (χ1) is 12.2. The number of carbonyl (C=O) groups excluding carboxylic acids is 1. The number of H-pyrrole nitrogens is 1. The Bertz CT molecular complexity index is 787. The van der Waals surface area contributed by atoms with Crippen molar-refractivity contribution >= 4 is 17.5 Å². The lowest BCUT2D eigenvalue weighted by molar-refractivity contribution is -0.0120. The average Bonchev–Trinajstić information content (AvgIpc) is 3.08. The molecular weight excluding hydrogens is 334 g/mol. The second-order valence-corrected chi connectivity index (χ2v) is 8.49. The van der Waals surface area contributed by atoms with Gasteiger partial charge in [-0.2, -0.15) is 0 Å². The van der Waals surface area contributed by atoms with Crippen LogP contribution in [0.25, 0.3) is 11.1 Å². The Labute approximate surface area is 152 Å². The molecule has 0 aliphatic heterocycles. The Morgan fingerprint density at radius 1 is 1.16 bits per heavy atom. The topological polar surface area (TPSA) is 57.8 Å². The van der Waals surface area contributed by atoms with E-state index in [-0.39, 0.29) is 5.91 Å². The van der Waals surface area contributed by atoms with Crippen molar-refractivity contribution in [2.75, 3.05) is 0 Å². The molecular formula is C20H22ClN3O. The minimum atomic E-state index is 0.00824. The third kappa shape index (κ3) is 2.67. The van der Waals surface area contributed by atoms with Crippen LogP contribution < -0.4 is 5.32 Å². The van der Waals surface area contributed by atoms with Crippen molar-refractivity contribution in [1.82, 2.24) is 15.3 Å². The van der Waals surface area contributed by atoms with Gasteiger partial charge in [-0.05, 0) is 67.9 Å². The van der Waals surface area contributed by atoms with Gasteiger partial charge in [-0.25, -0.2) is 0 Å². The van der Waals surface area contributed by atoms with Gasteiger partial charge in [0.1, 0.15) is 5.69 Å². The van der Waals surface area contributed by atoms with Crippen molar-refractivity contribution in [3.8, 4) is 11.1 Å². The first-order valence-corrected chi connectivity index (χ1v) is 9.64. The van der Waals surface area contributed by atoms with Crippen molar-refractivity contribution in [2.45, 2.75) is 38.1 Å². The zero-order valence-corrected chi connectivity index (χ0v) is 14.8. The highest BCUT2D eigenvalue weighted by Gasteiger charge is 2.48. The highest BCUT2D eigenvalue weighted by molar-refractivity contribution is 6.33. The summed E-state index contributed by atoms with van der Waals surface area (Å²) in [4.78, 5) is 19.9. The first-order valence-electron chi connectivity index (χ1n) is 9.26. The summed E-state index contributed by atoms with van der Waals surface area (Å²) in [7, 11) is 0. The fraction of sp³-hybridized carbons (Fsp3) is 0.500. The fourth-order valence-corrected chi connectivity index (χ4v) is 5.91. The van der Waals surface area contributed by atoms with Gasteiger partial charge in [-0.15, -0.1) is 0 Å². The van der Waals surface area contributed by atoms with E-state index in [0.717, 1.165) is 23.0 Å². The lowest BCUT2D eigenvalue weighted by Crippen LogP contribution is -2.55. The lowest BCUT2D eigenvalue weighted by atomic mass is 9.54. The predicted molar refractivity (Wildman–Crippen MR) is 97.3 cm³/mol. The Hall–Kier alpha value is -1.81. The van der Waals surface area contributed by atoms with Crippen LogP contribution in [-0.4, -0.2) is 21.9 Å². The second-order valence-electron chi connectivity index (χ2n) is 8.09. The van der Waals surface area contributed by atoms with Gasteiger partial charge in [0.15, 0.2) is 0 Å². The quantitative estimate of drug-likeness (QED) is 0.863. The Morgan fingerprint density at radius 3 is 2.56 bits per heavy atom. The van der Waals surface area contributed by atoms with Crippen LogP contribution in [0.15, 0.2) is 30.7 Å². The summed E-state index contributed by atoms with van der Waals surface area (Å²) in [6.07, 6.45) is 11.8. The van der Waals surface area contributed by atoms with Crippen LogP contribution in [-0.2, 0) is 0 Å². The molecule has 2 N–H and O–H groups in total. The Kier molecular flexibility index (Phi) is 3.63. The first kappa shape index (κ1) is 15.4. The molecule has 25 heavy (non-hydrogen) atoms. The summed E-state index contributed by atoms with van der Waals surface area (Å²) >= 11 is 6.21. The molecule has 0 saturated heterocycles. The van der Waals surface area contributed by atoms with Gasteiger partial charge in [-0.1, -0.05) is 11.6 Å². The molecule has 4 aliphatic carbocycles. The number of aromatic amines is 1. The zero-order chi connectivity index (χ0) is 17.0. The smallest absolute Gasteiger partial charge is 0.267 e. The van der Waals surface area contributed by atoms with Gasteiger partial charge in [0.25, 0.3) is 5.91 Å². The third-order valence-electron chi connectivity index (χ3n) is 6.54. The highest BCUT2D eigenvalue weighted by Crippen LogP contribution is 2.53. The van der Waals surface area contributed by atoms with Crippen LogP contribution in [0.3, 0.4) is 0 Å². The minimum Gasteiger partial charge on any atom is -0.357 e. The van der Waals surface area contributed by atoms with Gasteiger partial charge in [-0.3, -0.25) is 9.78 Å². The number of halogens is 1. The van der Waals surface area contributed by atoms with E-state index in [1.807, 2.05) is 18.3 Å². The van der Waals surface area contributed by atoms with Gasteiger partial charge in [0.05, 0.1) is 5.02 Å². The van der Waals surface area contributed by atoms with Crippen molar-refractivity contribution in [2.24, 2.45) is 23.7 Å². The highest BCUT2D eigenvalue weighted by atomic mass is 35.5. The zero-order valence-electron chi connectivity index (χ0n) is 14.0. The van der Waals surface area contributed by atoms with Gasteiger partial charge in [0, 0.05) is 35.8 Å². The second kappa shape index (κ2) is 5.87. The Morgan fingerprint density at radius 2 is 1.88 bits per heavy atom. The number of aromatic nitrogens is 2. The molecule has 0 unspecified atom stereocenters. The van der Waals surface area contributed by atoms with E-state index in [4.69, 9.17) is 11.6 Å². The molecule has 0 atom stereocenters. The summed E-state index contributed by atoms with van der Waals surface area (Å²) < 4.78 is 0. The molecule has 1 amide bonds. The van der Waals surface area contributed by atoms with Crippen molar-refractivity contribution in [3.63, 3.8) is 0 Å². The summed E-state index contributed by atoms with van der Waals surface area (Å²) in [5, 5.41) is 3.93. The predicted octanol–water partition coefficient (Wildman–Crippen LogP) is 4.28. The molecule has 5 heteroatoms. The fourth-order valence-electron chi connectivity index (χ4n) is 5.68. The summed E-state index contributed by atoms with van der Waals surface area (Å²) in [6.45, 7) is 0. The van der Waals surface area contributed by atoms with Crippen LogP contribution in [0, 0.1) is 23.7 Å². The van der Waals surface area contributed by atoms with E-state index >= 15 is 0 Å². The summed E-state index contributed by atoms with van der Waals surface area (Å²) in [5.74, 6) is 3.21. The van der Waals surface area contributed by atoms with Gasteiger partial charge < -0.3 is 10.3 Å². The summed E-state index contributed by atoms with van der Waals surface area (Å²) in [6, 6.07) is 4.11. The van der Waals surface area contributed by atoms with Crippen LogP contribution in [0.1, 0.15) is 42.6 Å². The maximum atomic E-state index is 12.8. The third-order valence-corrected chi connectivity index (χ3v) is 6.84. The minimum absolute atomic E-state index is 0.00824. The maximum absolute atomic E-state index is 12.8. The molecule has 4 aliphatic rings. The Balaban J connectivity index is 1.33. The molecule has 0 spiro atoms. The van der Waals surface area contributed by atoms with Crippen LogP contribution in [0.5, 0.6) is 0 Å². The monoisotopic (exact) mass is 355 g/mol. The lowest BCUT2D eigenvalue weighted by Gasteiger charge is -2.54. The molecule has 2 heterocycles. The van der Waals surface area contributed by atoms with E-state index in [2.05, 4.69) is 15.3 Å². The van der Waals surface area contributed by atoms with Crippen molar-refractivity contribution in [3.05, 3.63) is 41.4 Å². The molecule has 2 aromatic heterocycles. The molecule has 4 fully saturated rings. The molecule has 4 saturated carbocycles. The maximum Gasteiger partial charge on any atom is 0.267 e. The average molecular weight is 356 g/mol.